The molecule has 0 bridgehead atoms. The molecule has 0 aliphatic heterocycles. The second-order valence-electron chi connectivity index (χ2n) is 7.21. The van der Waals surface area contributed by atoms with Gasteiger partial charge in [0, 0.05) is 30.7 Å². The number of benzene rings is 2. The fourth-order valence-corrected chi connectivity index (χ4v) is 3.37. The first-order valence-corrected chi connectivity index (χ1v) is 10.1. The molecule has 0 atom stereocenters. The maximum absolute atomic E-state index is 13.1. The smallest absolute Gasteiger partial charge is 0.255 e. The molecule has 150 valence electrons. The van der Waals surface area contributed by atoms with Crippen LogP contribution in [0.25, 0.3) is 16.9 Å². The molecule has 4 aromatic rings. The van der Waals surface area contributed by atoms with Crippen LogP contribution in [0.4, 0.5) is 0 Å². The minimum atomic E-state index is -0.152. The fourth-order valence-electron chi connectivity index (χ4n) is 3.37. The molecule has 0 saturated heterocycles. The Balaban J connectivity index is 1.71. The van der Waals surface area contributed by atoms with Gasteiger partial charge in [-0.15, -0.1) is 0 Å². The summed E-state index contributed by atoms with van der Waals surface area (Å²) < 4.78 is 1.79. The van der Waals surface area contributed by atoms with Crippen molar-refractivity contribution < 1.29 is 4.79 Å². The van der Waals surface area contributed by atoms with E-state index in [1.54, 1.807) is 17.1 Å². The maximum Gasteiger partial charge on any atom is 0.255 e. The van der Waals surface area contributed by atoms with Gasteiger partial charge in [0.2, 0.25) is 0 Å². The summed E-state index contributed by atoms with van der Waals surface area (Å²) in [4.78, 5) is 17.1. The molecule has 0 saturated carbocycles. The number of amides is 1. The van der Waals surface area contributed by atoms with Gasteiger partial charge in [0.25, 0.3) is 5.91 Å². The predicted octanol–water partition coefficient (Wildman–Crippen LogP) is 4.74. The molecule has 0 spiro atoms. The number of aryl methyl sites for hydroxylation is 2. The molecule has 0 unspecified atom stereocenters. The Hall–Kier alpha value is -3.73. The Kier molecular flexibility index (Phi) is 5.70. The van der Waals surface area contributed by atoms with Crippen LogP contribution in [-0.4, -0.2) is 20.7 Å². The summed E-state index contributed by atoms with van der Waals surface area (Å²) >= 11 is 0. The molecule has 5 nitrogen and oxygen atoms in total. The van der Waals surface area contributed by atoms with Gasteiger partial charge in [-0.1, -0.05) is 49.4 Å². The Labute approximate surface area is 176 Å². The molecule has 1 N–H and O–H groups in total. The summed E-state index contributed by atoms with van der Waals surface area (Å²) in [5.74, 6) is -0.152. The third-order valence-electron chi connectivity index (χ3n) is 5.16. The van der Waals surface area contributed by atoms with Crippen molar-refractivity contribution in [2.45, 2.75) is 26.8 Å². The number of aromatic nitrogens is 3. The van der Waals surface area contributed by atoms with Gasteiger partial charge < -0.3 is 5.32 Å². The van der Waals surface area contributed by atoms with E-state index in [1.807, 2.05) is 61.7 Å². The quantitative estimate of drug-likeness (QED) is 0.512. The lowest BCUT2D eigenvalue weighted by molar-refractivity contribution is 0.0951. The van der Waals surface area contributed by atoms with Crippen LogP contribution in [0.15, 0.2) is 79.3 Å². The predicted molar refractivity (Wildman–Crippen MR) is 119 cm³/mol. The lowest BCUT2D eigenvalue weighted by Crippen LogP contribution is -2.23. The van der Waals surface area contributed by atoms with Gasteiger partial charge in [-0.3, -0.25) is 9.78 Å². The average Bonchev–Trinajstić information content (AvgIpc) is 3.24. The second kappa shape index (κ2) is 8.74. The highest BCUT2D eigenvalue weighted by Crippen LogP contribution is 2.25. The molecule has 2 aromatic heterocycles. The van der Waals surface area contributed by atoms with E-state index in [1.165, 1.54) is 5.56 Å². The SMILES string of the molecule is CCc1ccc(-c2nn(-c3ccccc3C)cc2C(=O)NCc2ccncc2)cc1. The van der Waals surface area contributed by atoms with Crippen LogP contribution in [0.1, 0.15) is 34.0 Å². The number of nitrogens with one attached hydrogen (secondary N) is 1. The zero-order valence-corrected chi connectivity index (χ0v) is 17.2. The summed E-state index contributed by atoms with van der Waals surface area (Å²) in [6.07, 6.45) is 6.22. The molecule has 0 aliphatic carbocycles. The number of carbonyl (C=O) groups is 1. The zero-order valence-electron chi connectivity index (χ0n) is 17.2. The van der Waals surface area contributed by atoms with Crippen LogP contribution in [0.3, 0.4) is 0 Å². The highest BCUT2D eigenvalue weighted by atomic mass is 16.1. The largest absolute Gasteiger partial charge is 0.348 e. The van der Waals surface area contributed by atoms with Crippen molar-refractivity contribution >= 4 is 5.91 Å². The van der Waals surface area contributed by atoms with E-state index in [2.05, 4.69) is 29.4 Å². The van der Waals surface area contributed by atoms with Crippen LogP contribution in [-0.2, 0) is 13.0 Å². The summed E-state index contributed by atoms with van der Waals surface area (Å²) in [6.45, 7) is 4.60. The highest BCUT2D eigenvalue weighted by Gasteiger charge is 2.19. The van der Waals surface area contributed by atoms with Gasteiger partial charge in [-0.25, -0.2) is 4.68 Å². The number of hydrogen-bond acceptors (Lipinski definition) is 3. The number of hydrogen-bond donors (Lipinski definition) is 1. The number of pyridine rings is 1. The molecular formula is C25H24N4O. The van der Waals surface area contributed by atoms with Crippen LogP contribution in [0.2, 0.25) is 0 Å². The Morgan fingerprint density at radius 2 is 1.70 bits per heavy atom. The average molecular weight is 396 g/mol. The molecule has 5 heteroatoms. The van der Waals surface area contributed by atoms with Crippen molar-refractivity contribution in [2.75, 3.05) is 0 Å². The fraction of sp³-hybridized carbons (Fsp3) is 0.160. The normalized spacial score (nSPS) is 10.7. The van der Waals surface area contributed by atoms with Gasteiger partial charge in [0.15, 0.2) is 0 Å². The number of carbonyl (C=O) groups excluding carboxylic acids is 1. The van der Waals surface area contributed by atoms with E-state index in [0.29, 0.717) is 17.8 Å². The number of rotatable bonds is 6. The van der Waals surface area contributed by atoms with Crippen molar-refractivity contribution in [3.8, 4) is 16.9 Å². The molecule has 2 aromatic carbocycles. The molecule has 2 heterocycles. The third kappa shape index (κ3) is 4.15. The lowest BCUT2D eigenvalue weighted by atomic mass is 10.0. The van der Waals surface area contributed by atoms with E-state index in [0.717, 1.165) is 28.8 Å². The lowest BCUT2D eigenvalue weighted by Gasteiger charge is -2.06. The van der Waals surface area contributed by atoms with Crippen molar-refractivity contribution in [3.63, 3.8) is 0 Å². The Morgan fingerprint density at radius 1 is 0.967 bits per heavy atom. The van der Waals surface area contributed by atoms with Crippen molar-refractivity contribution in [3.05, 3.63) is 102 Å². The van der Waals surface area contributed by atoms with Crippen LogP contribution >= 0.6 is 0 Å². The minimum absolute atomic E-state index is 0.152. The van der Waals surface area contributed by atoms with E-state index in [-0.39, 0.29) is 5.91 Å². The second-order valence-corrected chi connectivity index (χ2v) is 7.21. The summed E-state index contributed by atoms with van der Waals surface area (Å²) in [5, 5.41) is 7.80. The monoisotopic (exact) mass is 396 g/mol. The Bertz CT molecular complexity index is 1150. The first-order chi connectivity index (χ1) is 14.7. The molecule has 4 rings (SSSR count). The zero-order chi connectivity index (χ0) is 20.9. The van der Waals surface area contributed by atoms with Crippen LogP contribution in [0, 0.1) is 6.92 Å². The minimum Gasteiger partial charge on any atom is -0.348 e. The molecule has 0 radical (unpaired) electrons. The molecule has 1 amide bonds. The van der Waals surface area contributed by atoms with Crippen molar-refractivity contribution in [1.82, 2.24) is 20.1 Å². The summed E-state index contributed by atoms with van der Waals surface area (Å²) in [7, 11) is 0. The highest BCUT2D eigenvalue weighted by molar-refractivity contribution is 5.99. The number of nitrogens with zero attached hydrogens (tertiary/aromatic N) is 3. The summed E-state index contributed by atoms with van der Waals surface area (Å²) in [6, 6.07) is 20.0. The van der Waals surface area contributed by atoms with Gasteiger partial charge >= 0.3 is 0 Å². The first kappa shape index (κ1) is 19.6. The maximum atomic E-state index is 13.1. The van der Waals surface area contributed by atoms with Crippen molar-refractivity contribution in [1.29, 1.82) is 0 Å². The third-order valence-corrected chi connectivity index (χ3v) is 5.16. The summed E-state index contributed by atoms with van der Waals surface area (Å²) in [5.41, 5.74) is 6.45. The molecule has 0 aliphatic rings. The number of para-hydroxylation sites is 1. The first-order valence-electron chi connectivity index (χ1n) is 10.1. The topological polar surface area (TPSA) is 59.8 Å². The van der Waals surface area contributed by atoms with Gasteiger partial charge in [0.05, 0.1) is 11.3 Å². The molecule has 0 fully saturated rings. The van der Waals surface area contributed by atoms with E-state index in [4.69, 9.17) is 5.10 Å². The Morgan fingerprint density at radius 3 is 2.40 bits per heavy atom. The van der Waals surface area contributed by atoms with E-state index < -0.39 is 0 Å². The standard InChI is InChI=1S/C25H24N4O/c1-3-19-8-10-21(11-9-19)24-22(25(30)27-16-20-12-14-26-15-13-20)17-29(28-24)23-7-5-4-6-18(23)2/h4-15,17H,3,16H2,1-2H3,(H,27,30). The van der Waals surface area contributed by atoms with Crippen LogP contribution in [0.5, 0.6) is 0 Å². The molecular weight excluding hydrogens is 372 g/mol. The molecule has 30 heavy (non-hydrogen) atoms. The van der Waals surface area contributed by atoms with E-state index >= 15 is 0 Å². The van der Waals surface area contributed by atoms with Gasteiger partial charge in [0.1, 0.15) is 5.69 Å². The van der Waals surface area contributed by atoms with Gasteiger partial charge in [-0.2, -0.15) is 5.10 Å². The van der Waals surface area contributed by atoms with Crippen molar-refractivity contribution in [2.24, 2.45) is 0 Å². The van der Waals surface area contributed by atoms with Gasteiger partial charge in [-0.05, 0) is 48.2 Å². The van der Waals surface area contributed by atoms with E-state index in [9.17, 15) is 4.79 Å². The van der Waals surface area contributed by atoms with Crippen LogP contribution < -0.4 is 5.32 Å².